The Labute approximate surface area is 82.8 Å². The highest BCUT2D eigenvalue weighted by Gasteiger charge is 2.25. The molecule has 86 valence electrons. The van der Waals surface area contributed by atoms with Crippen LogP contribution < -0.4 is 5.32 Å². The fourth-order valence-electron chi connectivity index (χ4n) is 1.04. The quantitative estimate of drug-likeness (QED) is 0.625. The third kappa shape index (κ3) is 11.7. The van der Waals surface area contributed by atoms with Crippen LogP contribution in [0.2, 0.25) is 0 Å². The van der Waals surface area contributed by atoms with Gasteiger partial charge in [0.05, 0.1) is 0 Å². The first kappa shape index (κ1) is 13.7. The van der Waals surface area contributed by atoms with E-state index in [1.165, 1.54) is 0 Å². The van der Waals surface area contributed by atoms with E-state index < -0.39 is 12.6 Å². The number of alkyl halides is 3. The molecule has 0 unspecified atom stereocenters. The van der Waals surface area contributed by atoms with Crippen LogP contribution >= 0.6 is 0 Å². The van der Waals surface area contributed by atoms with Crippen LogP contribution in [0.3, 0.4) is 0 Å². The van der Waals surface area contributed by atoms with Crippen LogP contribution in [0.15, 0.2) is 0 Å². The van der Waals surface area contributed by atoms with Gasteiger partial charge in [0.25, 0.3) is 0 Å². The van der Waals surface area contributed by atoms with Crippen LogP contribution in [0, 0.1) is 0 Å². The first-order valence-electron chi connectivity index (χ1n) is 4.82. The molecule has 5 heteroatoms. The van der Waals surface area contributed by atoms with Crippen LogP contribution in [-0.4, -0.2) is 33.0 Å². The summed E-state index contributed by atoms with van der Waals surface area (Å²) in [5, 5.41) is 3.06. The van der Waals surface area contributed by atoms with Crippen LogP contribution in [0.25, 0.3) is 0 Å². The fourth-order valence-corrected chi connectivity index (χ4v) is 1.04. The first-order chi connectivity index (χ1) is 6.56. The number of rotatable bonds is 8. The van der Waals surface area contributed by atoms with Crippen LogP contribution in [0.1, 0.15) is 25.7 Å². The van der Waals surface area contributed by atoms with Crippen molar-refractivity contribution < 1.29 is 17.9 Å². The summed E-state index contributed by atoms with van der Waals surface area (Å²) in [6.45, 7) is 2.15. The summed E-state index contributed by atoms with van der Waals surface area (Å²) < 4.78 is 39.9. The molecule has 0 atom stereocenters. The predicted molar refractivity (Wildman–Crippen MR) is 49.3 cm³/mol. The van der Waals surface area contributed by atoms with Crippen molar-refractivity contribution in [2.24, 2.45) is 0 Å². The molecule has 0 aromatic heterocycles. The van der Waals surface area contributed by atoms with Crippen LogP contribution in [-0.2, 0) is 4.74 Å². The summed E-state index contributed by atoms with van der Waals surface area (Å²) in [5.41, 5.74) is 0. The minimum Gasteiger partial charge on any atom is -0.385 e. The minimum absolute atomic E-state index is 0.209. The van der Waals surface area contributed by atoms with E-state index in [2.05, 4.69) is 5.32 Å². The maximum Gasteiger partial charge on any atom is 0.389 e. The number of unbranched alkanes of at least 4 members (excludes halogenated alkanes) is 1. The van der Waals surface area contributed by atoms with Gasteiger partial charge in [-0.2, -0.15) is 13.2 Å². The second-order valence-electron chi connectivity index (χ2n) is 3.17. The lowest BCUT2D eigenvalue weighted by Crippen LogP contribution is -2.18. The van der Waals surface area contributed by atoms with Gasteiger partial charge >= 0.3 is 6.18 Å². The summed E-state index contributed by atoms with van der Waals surface area (Å²) in [6, 6.07) is 0. The number of nitrogens with one attached hydrogen (secondary N) is 1. The zero-order valence-electron chi connectivity index (χ0n) is 8.49. The van der Waals surface area contributed by atoms with Gasteiger partial charge in [-0.3, -0.25) is 0 Å². The molecule has 0 aliphatic heterocycles. The SMILES string of the molecule is COCCCNCCCCC(F)(F)F. The maximum atomic E-state index is 11.7. The van der Waals surface area contributed by atoms with E-state index in [1.807, 2.05) is 0 Å². The maximum absolute atomic E-state index is 11.7. The zero-order chi connectivity index (χ0) is 10.9. The van der Waals surface area contributed by atoms with Gasteiger partial charge in [0.1, 0.15) is 0 Å². The third-order valence-electron chi connectivity index (χ3n) is 1.77. The minimum atomic E-state index is -4.00. The molecule has 14 heavy (non-hydrogen) atoms. The average molecular weight is 213 g/mol. The van der Waals surface area contributed by atoms with E-state index in [1.54, 1.807) is 7.11 Å². The summed E-state index contributed by atoms with van der Waals surface area (Å²) in [4.78, 5) is 0. The monoisotopic (exact) mass is 213 g/mol. The Hall–Kier alpha value is -0.290. The largest absolute Gasteiger partial charge is 0.389 e. The normalized spacial score (nSPS) is 12.0. The molecule has 0 bridgehead atoms. The molecule has 0 fully saturated rings. The second kappa shape index (κ2) is 8.05. The van der Waals surface area contributed by atoms with Crippen molar-refractivity contribution in [3.63, 3.8) is 0 Å². The highest BCUT2D eigenvalue weighted by Crippen LogP contribution is 2.21. The standard InChI is InChI=1S/C9H18F3NO/c1-14-8-4-7-13-6-3-2-5-9(10,11)12/h13H,2-8H2,1H3. The molecule has 0 aliphatic carbocycles. The number of hydrogen-bond acceptors (Lipinski definition) is 2. The van der Waals surface area contributed by atoms with Crippen LogP contribution in [0.5, 0.6) is 0 Å². The molecule has 0 rings (SSSR count). The van der Waals surface area contributed by atoms with E-state index in [0.717, 1.165) is 13.0 Å². The van der Waals surface area contributed by atoms with Gasteiger partial charge in [-0.25, -0.2) is 0 Å². The first-order valence-corrected chi connectivity index (χ1v) is 4.82. The van der Waals surface area contributed by atoms with Gasteiger partial charge in [-0.05, 0) is 32.4 Å². The smallest absolute Gasteiger partial charge is 0.385 e. The van der Waals surface area contributed by atoms with Crippen LogP contribution in [0.4, 0.5) is 13.2 Å². The number of ether oxygens (including phenoxy) is 1. The molecular formula is C9H18F3NO. The molecule has 0 aromatic carbocycles. The van der Waals surface area contributed by atoms with Crippen molar-refractivity contribution in [3.8, 4) is 0 Å². The lowest BCUT2D eigenvalue weighted by Gasteiger charge is -2.06. The molecule has 0 radical (unpaired) electrons. The van der Waals surface area contributed by atoms with Gasteiger partial charge in [0.2, 0.25) is 0 Å². The molecule has 2 nitrogen and oxygen atoms in total. The van der Waals surface area contributed by atoms with Crippen molar-refractivity contribution in [1.29, 1.82) is 0 Å². The zero-order valence-corrected chi connectivity index (χ0v) is 8.49. The van der Waals surface area contributed by atoms with E-state index in [0.29, 0.717) is 19.6 Å². The molecule has 0 saturated carbocycles. The number of methoxy groups -OCH3 is 1. The Morgan fingerprint density at radius 2 is 1.71 bits per heavy atom. The fraction of sp³-hybridized carbons (Fsp3) is 1.00. The van der Waals surface area contributed by atoms with Gasteiger partial charge in [-0.1, -0.05) is 0 Å². The Kier molecular flexibility index (Phi) is 7.89. The van der Waals surface area contributed by atoms with Crippen molar-refractivity contribution in [2.45, 2.75) is 31.9 Å². The predicted octanol–water partition coefficient (Wildman–Crippen LogP) is 2.35. The number of hydrogen-bond donors (Lipinski definition) is 1. The van der Waals surface area contributed by atoms with Crippen molar-refractivity contribution in [3.05, 3.63) is 0 Å². The van der Waals surface area contributed by atoms with Gasteiger partial charge in [0.15, 0.2) is 0 Å². The topological polar surface area (TPSA) is 21.3 Å². The summed E-state index contributed by atoms with van der Waals surface area (Å²) in [5.74, 6) is 0. The summed E-state index contributed by atoms with van der Waals surface area (Å²) in [7, 11) is 1.63. The average Bonchev–Trinajstić information content (AvgIpc) is 2.08. The summed E-state index contributed by atoms with van der Waals surface area (Å²) >= 11 is 0. The molecule has 0 heterocycles. The lowest BCUT2D eigenvalue weighted by atomic mass is 10.2. The molecular weight excluding hydrogens is 195 g/mol. The second-order valence-corrected chi connectivity index (χ2v) is 3.17. The van der Waals surface area contributed by atoms with Gasteiger partial charge in [-0.15, -0.1) is 0 Å². The van der Waals surface area contributed by atoms with E-state index in [9.17, 15) is 13.2 Å². The highest BCUT2D eigenvalue weighted by atomic mass is 19.4. The van der Waals surface area contributed by atoms with E-state index in [4.69, 9.17) is 4.74 Å². The van der Waals surface area contributed by atoms with Crippen molar-refractivity contribution in [1.82, 2.24) is 5.32 Å². The van der Waals surface area contributed by atoms with Gasteiger partial charge < -0.3 is 10.1 Å². The lowest BCUT2D eigenvalue weighted by molar-refractivity contribution is -0.135. The van der Waals surface area contributed by atoms with Crippen molar-refractivity contribution >= 4 is 0 Å². The summed E-state index contributed by atoms with van der Waals surface area (Å²) in [6.07, 6.45) is -2.99. The Morgan fingerprint density at radius 3 is 2.29 bits per heavy atom. The number of halogens is 3. The van der Waals surface area contributed by atoms with E-state index >= 15 is 0 Å². The highest BCUT2D eigenvalue weighted by molar-refractivity contribution is 4.53. The van der Waals surface area contributed by atoms with E-state index in [-0.39, 0.29) is 6.42 Å². The molecule has 1 N–H and O–H groups in total. The molecule has 0 aliphatic rings. The Balaban J connectivity index is 2.99. The van der Waals surface area contributed by atoms with Gasteiger partial charge in [0, 0.05) is 20.1 Å². The molecule has 0 aromatic rings. The molecule has 0 saturated heterocycles. The molecule has 0 spiro atoms. The van der Waals surface area contributed by atoms with Crippen molar-refractivity contribution in [2.75, 3.05) is 26.8 Å². The molecule has 0 amide bonds. The Bertz CT molecular complexity index is 128. The third-order valence-corrected chi connectivity index (χ3v) is 1.77. The Morgan fingerprint density at radius 1 is 1.07 bits per heavy atom.